The van der Waals surface area contributed by atoms with Crippen molar-refractivity contribution in [2.24, 2.45) is 5.73 Å². The summed E-state index contributed by atoms with van der Waals surface area (Å²) in [5.41, 5.74) is 6.69. The van der Waals surface area contributed by atoms with Crippen LogP contribution in [0.25, 0.3) is 0 Å². The summed E-state index contributed by atoms with van der Waals surface area (Å²) in [4.78, 5) is 5.59. The summed E-state index contributed by atoms with van der Waals surface area (Å²) < 4.78 is 1.10. The van der Waals surface area contributed by atoms with Crippen molar-refractivity contribution in [3.05, 3.63) is 52.6 Å². The van der Waals surface area contributed by atoms with Gasteiger partial charge in [0.1, 0.15) is 5.03 Å². The molecule has 0 fully saturated rings. The molecule has 1 heterocycles. The van der Waals surface area contributed by atoms with Gasteiger partial charge in [0.15, 0.2) is 0 Å². The molecule has 0 atom stereocenters. The molecule has 0 saturated carbocycles. The van der Waals surface area contributed by atoms with Crippen LogP contribution in [0.4, 0.5) is 0 Å². The van der Waals surface area contributed by atoms with E-state index in [1.165, 1.54) is 10.5 Å². The summed E-state index contributed by atoms with van der Waals surface area (Å²) in [6.07, 6.45) is 2.78. The Morgan fingerprint density at radius 3 is 2.65 bits per heavy atom. The SMILES string of the molecule is NCCc1ccc(Sc2ccccc2Br)nc1. The average Bonchev–Trinajstić information content (AvgIpc) is 2.35. The molecule has 88 valence electrons. The third kappa shape index (κ3) is 3.56. The maximum Gasteiger partial charge on any atom is 0.101 e. The van der Waals surface area contributed by atoms with E-state index >= 15 is 0 Å². The molecule has 0 bridgehead atoms. The summed E-state index contributed by atoms with van der Waals surface area (Å²) in [5, 5.41) is 0.998. The second-order valence-corrected chi connectivity index (χ2v) is 5.49. The molecule has 17 heavy (non-hydrogen) atoms. The molecule has 0 aliphatic carbocycles. The molecule has 0 aliphatic rings. The molecule has 1 aromatic heterocycles. The quantitative estimate of drug-likeness (QED) is 0.939. The lowest BCUT2D eigenvalue weighted by atomic mass is 10.2. The van der Waals surface area contributed by atoms with Crippen LogP contribution in [0.15, 0.2) is 57.0 Å². The maximum atomic E-state index is 5.50. The van der Waals surface area contributed by atoms with Gasteiger partial charge in [-0.05, 0) is 52.7 Å². The minimum atomic E-state index is 0.665. The Morgan fingerprint density at radius 1 is 1.18 bits per heavy atom. The second kappa shape index (κ2) is 6.19. The van der Waals surface area contributed by atoms with Crippen LogP contribution < -0.4 is 5.73 Å². The molecule has 0 radical (unpaired) electrons. The molecule has 1 aromatic carbocycles. The van der Waals surface area contributed by atoms with E-state index in [2.05, 4.69) is 33.0 Å². The number of hydrogen-bond acceptors (Lipinski definition) is 3. The van der Waals surface area contributed by atoms with Crippen molar-refractivity contribution in [1.82, 2.24) is 4.98 Å². The van der Waals surface area contributed by atoms with Crippen molar-refractivity contribution in [2.75, 3.05) is 6.54 Å². The Kier molecular flexibility index (Phi) is 4.59. The van der Waals surface area contributed by atoms with Gasteiger partial charge in [-0.3, -0.25) is 0 Å². The smallest absolute Gasteiger partial charge is 0.101 e. The van der Waals surface area contributed by atoms with E-state index in [1.807, 2.05) is 30.5 Å². The zero-order valence-electron chi connectivity index (χ0n) is 9.27. The Morgan fingerprint density at radius 2 is 2.00 bits per heavy atom. The van der Waals surface area contributed by atoms with Gasteiger partial charge in [0.2, 0.25) is 0 Å². The highest BCUT2D eigenvalue weighted by molar-refractivity contribution is 9.10. The molecule has 0 amide bonds. The van der Waals surface area contributed by atoms with Gasteiger partial charge in [-0.15, -0.1) is 0 Å². The normalized spacial score (nSPS) is 10.5. The highest BCUT2D eigenvalue weighted by atomic mass is 79.9. The number of nitrogens with zero attached hydrogens (tertiary/aromatic N) is 1. The van der Waals surface area contributed by atoms with Crippen molar-refractivity contribution in [1.29, 1.82) is 0 Å². The predicted octanol–water partition coefficient (Wildman–Crippen LogP) is 3.50. The summed E-state index contributed by atoms with van der Waals surface area (Å²) in [6.45, 7) is 0.665. The van der Waals surface area contributed by atoms with E-state index in [1.54, 1.807) is 11.8 Å². The van der Waals surface area contributed by atoms with Crippen molar-refractivity contribution >= 4 is 27.7 Å². The number of hydrogen-bond donors (Lipinski definition) is 1. The first-order valence-corrected chi connectivity index (χ1v) is 6.98. The fourth-order valence-corrected chi connectivity index (χ4v) is 2.73. The molecule has 2 nitrogen and oxygen atoms in total. The lowest BCUT2D eigenvalue weighted by Crippen LogP contribution is -2.02. The topological polar surface area (TPSA) is 38.9 Å². The van der Waals surface area contributed by atoms with Crippen molar-refractivity contribution in [3.63, 3.8) is 0 Å². The Bertz CT molecular complexity index is 485. The van der Waals surface area contributed by atoms with Crippen LogP contribution in [-0.2, 0) is 6.42 Å². The van der Waals surface area contributed by atoms with Gasteiger partial charge in [0, 0.05) is 15.6 Å². The number of rotatable bonds is 4. The third-order valence-electron chi connectivity index (χ3n) is 2.28. The molecule has 4 heteroatoms. The largest absolute Gasteiger partial charge is 0.330 e. The molecule has 2 aromatic rings. The van der Waals surface area contributed by atoms with Crippen LogP contribution in [0.1, 0.15) is 5.56 Å². The molecular formula is C13H13BrN2S. The van der Waals surface area contributed by atoms with Gasteiger partial charge in [-0.1, -0.05) is 30.0 Å². The number of nitrogens with two attached hydrogens (primary N) is 1. The second-order valence-electron chi connectivity index (χ2n) is 3.58. The van der Waals surface area contributed by atoms with Crippen LogP contribution in [-0.4, -0.2) is 11.5 Å². The number of aromatic nitrogens is 1. The van der Waals surface area contributed by atoms with Crippen LogP contribution >= 0.6 is 27.7 Å². The monoisotopic (exact) mass is 308 g/mol. The highest BCUT2D eigenvalue weighted by Gasteiger charge is 2.02. The van der Waals surface area contributed by atoms with Gasteiger partial charge in [0.05, 0.1) is 0 Å². The summed E-state index contributed by atoms with van der Waals surface area (Å²) in [7, 11) is 0. The first-order valence-electron chi connectivity index (χ1n) is 5.37. The van der Waals surface area contributed by atoms with E-state index in [4.69, 9.17) is 5.73 Å². The number of benzene rings is 1. The first-order chi connectivity index (χ1) is 8.29. The van der Waals surface area contributed by atoms with Crippen molar-refractivity contribution < 1.29 is 0 Å². The zero-order chi connectivity index (χ0) is 12.1. The van der Waals surface area contributed by atoms with Gasteiger partial charge in [0.25, 0.3) is 0 Å². The Balaban J connectivity index is 2.11. The van der Waals surface area contributed by atoms with Gasteiger partial charge < -0.3 is 5.73 Å². The van der Waals surface area contributed by atoms with E-state index < -0.39 is 0 Å². The Hall–Kier alpha value is -0.840. The lowest BCUT2D eigenvalue weighted by molar-refractivity contribution is 0.945. The average molecular weight is 309 g/mol. The van der Waals surface area contributed by atoms with Crippen LogP contribution in [0.5, 0.6) is 0 Å². The molecular weight excluding hydrogens is 296 g/mol. The van der Waals surface area contributed by atoms with Gasteiger partial charge in [-0.25, -0.2) is 4.98 Å². The number of halogens is 1. The van der Waals surface area contributed by atoms with E-state index in [-0.39, 0.29) is 0 Å². The molecule has 0 aliphatic heterocycles. The van der Waals surface area contributed by atoms with Crippen molar-refractivity contribution in [3.8, 4) is 0 Å². The predicted molar refractivity (Wildman–Crippen MR) is 75.3 cm³/mol. The lowest BCUT2D eigenvalue weighted by Gasteiger charge is -2.04. The minimum Gasteiger partial charge on any atom is -0.330 e. The van der Waals surface area contributed by atoms with Crippen molar-refractivity contribution in [2.45, 2.75) is 16.3 Å². The summed E-state index contributed by atoms with van der Waals surface area (Å²) in [6, 6.07) is 12.3. The molecule has 0 saturated heterocycles. The minimum absolute atomic E-state index is 0.665. The van der Waals surface area contributed by atoms with Gasteiger partial charge in [-0.2, -0.15) is 0 Å². The maximum absolute atomic E-state index is 5.50. The van der Waals surface area contributed by atoms with Crippen LogP contribution in [0, 0.1) is 0 Å². The van der Waals surface area contributed by atoms with E-state index in [0.29, 0.717) is 6.54 Å². The number of pyridine rings is 1. The summed E-state index contributed by atoms with van der Waals surface area (Å²) in [5.74, 6) is 0. The van der Waals surface area contributed by atoms with Crippen LogP contribution in [0.2, 0.25) is 0 Å². The molecule has 0 unspecified atom stereocenters. The fourth-order valence-electron chi connectivity index (χ4n) is 1.43. The van der Waals surface area contributed by atoms with Crippen LogP contribution in [0.3, 0.4) is 0 Å². The standard InChI is InChI=1S/C13H13BrN2S/c14-11-3-1-2-4-12(11)17-13-6-5-10(7-8-15)9-16-13/h1-6,9H,7-8,15H2. The molecule has 2 N–H and O–H groups in total. The van der Waals surface area contributed by atoms with Gasteiger partial charge >= 0.3 is 0 Å². The van der Waals surface area contributed by atoms with E-state index in [0.717, 1.165) is 15.9 Å². The highest BCUT2D eigenvalue weighted by Crippen LogP contribution is 2.31. The zero-order valence-corrected chi connectivity index (χ0v) is 11.7. The molecule has 2 rings (SSSR count). The molecule has 0 spiro atoms. The fraction of sp³-hybridized carbons (Fsp3) is 0.154. The first kappa shape index (κ1) is 12.6. The summed E-state index contributed by atoms with van der Waals surface area (Å²) >= 11 is 5.18. The Labute approximate surface area is 114 Å². The third-order valence-corrected chi connectivity index (χ3v) is 4.26. The van der Waals surface area contributed by atoms with E-state index in [9.17, 15) is 0 Å².